The number of aliphatic hydroxyl groups excluding tert-OH is 1. The Morgan fingerprint density at radius 3 is 2.69 bits per heavy atom. The number of fused-ring (bicyclic) bond motifs is 2. The molecule has 0 bridgehead atoms. The molecule has 156 valence electrons. The Morgan fingerprint density at radius 2 is 1.97 bits per heavy atom. The number of ether oxygens (including phenoxy) is 5. The number of nitrogens with one attached hydrogen (secondary N) is 1. The van der Waals surface area contributed by atoms with Gasteiger partial charge in [-0.1, -0.05) is 0 Å². The number of likely N-dealkylation sites (N-methyl/N-ethyl adjacent to an activating group) is 1. The third kappa shape index (κ3) is 3.45. The second-order valence-electron chi connectivity index (χ2n) is 7.47. The van der Waals surface area contributed by atoms with E-state index in [1.807, 2.05) is 18.2 Å². The van der Waals surface area contributed by atoms with E-state index in [0.717, 1.165) is 24.3 Å². The average Bonchev–Trinajstić information content (AvgIpc) is 3.21. The lowest BCUT2D eigenvalue weighted by Gasteiger charge is -2.34. The predicted octanol–water partition coefficient (Wildman–Crippen LogP) is 1.68. The monoisotopic (exact) mass is 402 g/mol. The molecule has 2 heterocycles. The van der Waals surface area contributed by atoms with Crippen LogP contribution in [-0.2, 0) is 6.42 Å². The van der Waals surface area contributed by atoms with Crippen molar-refractivity contribution < 1.29 is 33.7 Å². The SMILES string of the molecule is COc1ccc(OC)c([C@@H](O)C[C@H]2c3c(cc4c(c3OC)OCO4)CC[NH+]2C)c1. The van der Waals surface area contributed by atoms with Gasteiger partial charge in [-0.2, -0.15) is 0 Å². The van der Waals surface area contributed by atoms with Crippen LogP contribution in [0.2, 0.25) is 0 Å². The molecule has 3 atom stereocenters. The lowest BCUT2D eigenvalue weighted by molar-refractivity contribution is -0.915. The fourth-order valence-electron chi connectivity index (χ4n) is 4.39. The molecule has 0 saturated carbocycles. The van der Waals surface area contributed by atoms with Crippen LogP contribution in [0.4, 0.5) is 0 Å². The van der Waals surface area contributed by atoms with Gasteiger partial charge in [-0.15, -0.1) is 0 Å². The Kier molecular flexibility index (Phi) is 5.43. The smallest absolute Gasteiger partial charge is 0.231 e. The van der Waals surface area contributed by atoms with Gasteiger partial charge in [0.2, 0.25) is 12.5 Å². The summed E-state index contributed by atoms with van der Waals surface area (Å²) >= 11 is 0. The van der Waals surface area contributed by atoms with Crippen molar-refractivity contribution >= 4 is 0 Å². The molecular formula is C22H28NO6+. The zero-order valence-electron chi connectivity index (χ0n) is 17.3. The molecule has 7 nitrogen and oxygen atoms in total. The second-order valence-corrected chi connectivity index (χ2v) is 7.47. The van der Waals surface area contributed by atoms with E-state index in [9.17, 15) is 5.11 Å². The fraction of sp³-hybridized carbons (Fsp3) is 0.455. The highest BCUT2D eigenvalue weighted by atomic mass is 16.7. The van der Waals surface area contributed by atoms with Crippen molar-refractivity contribution in [1.82, 2.24) is 0 Å². The Bertz CT molecular complexity index is 899. The van der Waals surface area contributed by atoms with Gasteiger partial charge in [-0.25, -0.2) is 0 Å². The summed E-state index contributed by atoms with van der Waals surface area (Å²) in [4.78, 5) is 1.32. The second kappa shape index (κ2) is 8.00. The van der Waals surface area contributed by atoms with Gasteiger partial charge < -0.3 is 33.7 Å². The summed E-state index contributed by atoms with van der Waals surface area (Å²) in [5, 5.41) is 11.2. The summed E-state index contributed by atoms with van der Waals surface area (Å²) in [5.74, 6) is 3.42. The molecular weight excluding hydrogens is 374 g/mol. The number of benzene rings is 2. The molecule has 0 saturated heterocycles. The van der Waals surface area contributed by atoms with Crippen LogP contribution >= 0.6 is 0 Å². The minimum absolute atomic E-state index is 0.0362. The zero-order valence-corrected chi connectivity index (χ0v) is 17.3. The summed E-state index contributed by atoms with van der Waals surface area (Å²) in [6.07, 6.45) is 0.711. The van der Waals surface area contributed by atoms with Gasteiger partial charge in [0, 0.05) is 18.4 Å². The van der Waals surface area contributed by atoms with Gasteiger partial charge in [-0.3, -0.25) is 0 Å². The van der Waals surface area contributed by atoms with Gasteiger partial charge in [-0.05, 0) is 29.8 Å². The van der Waals surface area contributed by atoms with E-state index in [-0.39, 0.29) is 12.8 Å². The van der Waals surface area contributed by atoms with Crippen LogP contribution in [0.5, 0.6) is 28.7 Å². The van der Waals surface area contributed by atoms with Crippen LogP contribution in [0.1, 0.15) is 35.3 Å². The quantitative estimate of drug-likeness (QED) is 0.766. The third-order valence-electron chi connectivity index (χ3n) is 5.93. The minimum atomic E-state index is -0.721. The Labute approximate surface area is 170 Å². The molecule has 4 rings (SSSR count). The molecule has 0 fully saturated rings. The average molecular weight is 402 g/mol. The van der Waals surface area contributed by atoms with Crippen molar-refractivity contribution in [2.24, 2.45) is 0 Å². The van der Waals surface area contributed by atoms with E-state index in [1.54, 1.807) is 21.3 Å². The predicted molar refractivity (Wildman–Crippen MR) is 106 cm³/mol. The molecule has 1 unspecified atom stereocenters. The molecule has 2 N–H and O–H groups in total. The number of rotatable bonds is 6. The lowest BCUT2D eigenvalue weighted by Crippen LogP contribution is -3.10. The van der Waals surface area contributed by atoms with Crippen LogP contribution in [0.3, 0.4) is 0 Å². The maximum absolute atomic E-state index is 11.2. The van der Waals surface area contributed by atoms with Crippen LogP contribution < -0.4 is 28.6 Å². The molecule has 0 radical (unpaired) electrons. The van der Waals surface area contributed by atoms with Gasteiger partial charge in [0.25, 0.3) is 0 Å². The standard InChI is InChI=1S/C22H27NO6/c1-23-8-7-13-9-19-21(29-12-28-19)22(27-4)20(13)16(23)11-17(24)15-10-14(25-2)5-6-18(15)26-3/h5-6,9-10,16-17,24H,7-8,11-12H2,1-4H3/p+1/t16-,17-/m0/s1. The Morgan fingerprint density at radius 1 is 1.14 bits per heavy atom. The number of methoxy groups -OCH3 is 3. The van der Waals surface area contributed by atoms with Crippen molar-refractivity contribution in [3.05, 3.63) is 41.0 Å². The summed E-state index contributed by atoms with van der Waals surface area (Å²) in [6, 6.07) is 7.57. The van der Waals surface area contributed by atoms with Gasteiger partial charge >= 0.3 is 0 Å². The normalized spacial score (nSPS) is 20.7. The van der Waals surface area contributed by atoms with E-state index >= 15 is 0 Å². The number of hydrogen-bond donors (Lipinski definition) is 2. The minimum Gasteiger partial charge on any atom is -0.497 e. The molecule has 29 heavy (non-hydrogen) atoms. The molecule has 7 heteroatoms. The first-order valence-corrected chi connectivity index (χ1v) is 9.79. The van der Waals surface area contributed by atoms with Gasteiger partial charge in [0.1, 0.15) is 17.5 Å². The van der Waals surface area contributed by atoms with Crippen LogP contribution in [0.25, 0.3) is 0 Å². The highest BCUT2D eigenvalue weighted by Gasteiger charge is 2.38. The Hall–Kier alpha value is -2.64. The molecule has 2 aromatic rings. The molecule has 0 spiro atoms. The van der Waals surface area contributed by atoms with Crippen LogP contribution in [-0.4, -0.2) is 46.8 Å². The number of hydrogen-bond acceptors (Lipinski definition) is 6. The zero-order chi connectivity index (χ0) is 20.5. The summed E-state index contributed by atoms with van der Waals surface area (Å²) in [5.41, 5.74) is 2.99. The van der Waals surface area contributed by atoms with Crippen molar-refractivity contribution in [3.8, 4) is 28.7 Å². The highest BCUT2D eigenvalue weighted by Crippen LogP contribution is 2.48. The molecule has 2 aromatic carbocycles. The van der Waals surface area contributed by atoms with Crippen molar-refractivity contribution in [2.45, 2.75) is 25.0 Å². The summed E-state index contributed by atoms with van der Waals surface area (Å²) in [6.45, 7) is 1.16. The van der Waals surface area contributed by atoms with Crippen LogP contribution in [0.15, 0.2) is 24.3 Å². The number of quaternary nitrogens is 1. The van der Waals surface area contributed by atoms with E-state index in [0.29, 0.717) is 35.0 Å². The fourth-order valence-corrected chi connectivity index (χ4v) is 4.39. The van der Waals surface area contributed by atoms with E-state index in [2.05, 4.69) is 13.1 Å². The molecule has 0 amide bonds. The number of aliphatic hydroxyl groups is 1. The maximum Gasteiger partial charge on any atom is 0.231 e. The maximum atomic E-state index is 11.2. The third-order valence-corrected chi connectivity index (χ3v) is 5.93. The van der Waals surface area contributed by atoms with Gasteiger partial charge in [0.05, 0.1) is 46.6 Å². The topological polar surface area (TPSA) is 70.8 Å². The molecule has 2 aliphatic rings. The van der Waals surface area contributed by atoms with Crippen molar-refractivity contribution in [3.63, 3.8) is 0 Å². The first-order valence-electron chi connectivity index (χ1n) is 9.79. The Balaban J connectivity index is 1.72. The van der Waals surface area contributed by atoms with E-state index in [1.165, 1.54) is 10.5 Å². The lowest BCUT2D eigenvalue weighted by atomic mass is 9.87. The molecule has 0 aliphatic carbocycles. The molecule has 0 aromatic heterocycles. The first kappa shape index (κ1) is 19.7. The first-order chi connectivity index (χ1) is 14.1. The van der Waals surface area contributed by atoms with E-state index < -0.39 is 6.10 Å². The van der Waals surface area contributed by atoms with Gasteiger partial charge in [0.15, 0.2) is 11.5 Å². The highest BCUT2D eigenvalue weighted by molar-refractivity contribution is 5.61. The molecule has 2 aliphatic heterocycles. The summed E-state index contributed by atoms with van der Waals surface area (Å²) in [7, 11) is 7.02. The van der Waals surface area contributed by atoms with E-state index in [4.69, 9.17) is 23.7 Å². The van der Waals surface area contributed by atoms with Crippen LogP contribution in [0, 0.1) is 0 Å². The summed E-state index contributed by atoms with van der Waals surface area (Å²) < 4.78 is 27.8. The van der Waals surface area contributed by atoms with Crippen molar-refractivity contribution in [1.29, 1.82) is 0 Å². The van der Waals surface area contributed by atoms with Crippen molar-refractivity contribution in [2.75, 3.05) is 41.7 Å². The largest absolute Gasteiger partial charge is 0.497 e.